The number of aryl methyl sites for hydroxylation is 1. The number of aromatic nitrogens is 2. The Hall–Kier alpha value is -2.80. The van der Waals surface area contributed by atoms with E-state index in [1.807, 2.05) is 62.4 Å². The fourth-order valence-electron chi connectivity index (χ4n) is 2.69. The molecule has 1 N–H and O–H groups in total. The summed E-state index contributed by atoms with van der Waals surface area (Å²) < 4.78 is 7.16. The molecule has 2 aromatic carbocycles. The topological polar surface area (TPSA) is 73.2 Å². The third-order valence-corrected chi connectivity index (χ3v) is 5.02. The predicted octanol–water partition coefficient (Wildman–Crippen LogP) is 3.13. The first kappa shape index (κ1) is 19.9. The Balaban J connectivity index is 1.57. The monoisotopic (exact) mass is 397 g/mol. The summed E-state index contributed by atoms with van der Waals surface area (Å²) in [5.74, 6) is 0.790. The van der Waals surface area contributed by atoms with Gasteiger partial charge in [-0.3, -0.25) is 9.59 Å². The zero-order chi connectivity index (χ0) is 20.1. The molecule has 0 spiro atoms. The van der Waals surface area contributed by atoms with E-state index in [1.165, 1.54) is 0 Å². The summed E-state index contributed by atoms with van der Waals surface area (Å²) in [5.41, 5.74) is 2.29. The van der Waals surface area contributed by atoms with Crippen LogP contribution in [0.15, 0.2) is 58.4 Å². The number of thioether (sulfide) groups is 1. The number of ether oxygens (including phenoxy) is 1. The Labute approximate surface area is 167 Å². The molecule has 28 heavy (non-hydrogen) atoms. The second-order valence-electron chi connectivity index (χ2n) is 6.65. The van der Waals surface area contributed by atoms with Gasteiger partial charge >= 0.3 is 0 Å². The molecular weight excluding hydrogens is 374 g/mol. The lowest BCUT2D eigenvalue weighted by Crippen LogP contribution is -2.26. The Morgan fingerprint density at radius 1 is 1.18 bits per heavy atom. The number of carbonyl (C=O) groups is 1. The molecule has 0 aliphatic heterocycles. The molecule has 3 rings (SSSR count). The van der Waals surface area contributed by atoms with Crippen molar-refractivity contribution >= 4 is 28.7 Å². The highest BCUT2D eigenvalue weighted by Gasteiger charge is 2.11. The van der Waals surface area contributed by atoms with Gasteiger partial charge in [0, 0.05) is 13.6 Å². The lowest BCUT2D eigenvalue weighted by Gasteiger charge is -2.10. The minimum atomic E-state index is -0.197. The highest BCUT2D eigenvalue weighted by molar-refractivity contribution is 7.99. The van der Waals surface area contributed by atoms with Crippen molar-refractivity contribution in [1.29, 1.82) is 0 Å². The Morgan fingerprint density at radius 2 is 1.89 bits per heavy atom. The lowest BCUT2D eigenvalue weighted by atomic mass is 10.2. The van der Waals surface area contributed by atoms with Gasteiger partial charge in [-0.15, -0.1) is 0 Å². The summed E-state index contributed by atoms with van der Waals surface area (Å²) in [6, 6.07) is 15.1. The first-order valence-corrected chi connectivity index (χ1v) is 10.0. The summed E-state index contributed by atoms with van der Waals surface area (Å²) in [6.45, 7) is 4.37. The summed E-state index contributed by atoms with van der Waals surface area (Å²) in [5, 5.41) is 3.19. The average molecular weight is 398 g/mol. The maximum absolute atomic E-state index is 12.4. The quantitative estimate of drug-likeness (QED) is 0.620. The first-order valence-electron chi connectivity index (χ1n) is 9.05. The van der Waals surface area contributed by atoms with Crippen molar-refractivity contribution in [3.05, 3.63) is 64.4 Å². The van der Waals surface area contributed by atoms with Crippen molar-refractivity contribution in [2.75, 3.05) is 5.75 Å². The SMILES string of the molecule is CC(C)Oc1ccc(CNC(=O)CSc2nc3ccccc3n(C)c2=O)cc1. The van der Waals surface area contributed by atoms with Crippen LogP contribution in [0.1, 0.15) is 19.4 Å². The van der Waals surface area contributed by atoms with Crippen LogP contribution in [-0.4, -0.2) is 27.3 Å². The van der Waals surface area contributed by atoms with E-state index in [1.54, 1.807) is 11.6 Å². The van der Waals surface area contributed by atoms with Crippen molar-refractivity contribution in [3.8, 4) is 5.75 Å². The average Bonchev–Trinajstić information content (AvgIpc) is 2.68. The van der Waals surface area contributed by atoms with Crippen LogP contribution >= 0.6 is 11.8 Å². The second kappa shape index (κ2) is 8.93. The Bertz CT molecular complexity index is 1030. The van der Waals surface area contributed by atoms with Crippen LogP contribution in [0.3, 0.4) is 0 Å². The Kier molecular flexibility index (Phi) is 6.36. The van der Waals surface area contributed by atoms with Crippen LogP contribution < -0.4 is 15.6 Å². The molecule has 3 aromatic rings. The van der Waals surface area contributed by atoms with Crippen LogP contribution in [-0.2, 0) is 18.4 Å². The van der Waals surface area contributed by atoms with Crippen LogP contribution in [0.25, 0.3) is 11.0 Å². The van der Waals surface area contributed by atoms with Crippen molar-refractivity contribution in [2.24, 2.45) is 7.05 Å². The summed E-state index contributed by atoms with van der Waals surface area (Å²) in [6.07, 6.45) is 0.124. The molecule has 1 heterocycles. The summed E-state index contributed by atoms with van der Waals surface area (Å²) in [7, 11) is 1.71. The maximum Gasteiger partial charge on any atom is 0.283 e. The number of rotatable bonds is 7. The number of para-hydroxylation sites is 2. The van der Waals surface area contributed by atoms with Gasteiger partial charge in [0.1, 0.15) is 5.75 Å². The van der Waals surface area contributed by atoms with Crippen LogP contribution in [0.5, 0.6) is 5.75 Å². The number of nitrogens with one attached hydrogen (secondary N) is 1. The van der Waals surface area contributed by atoms with Crippen LogP contribution in [0, 0.1) is 0 Å². The number of nitrogens with zero attached hydrogens (tertiary/aromatic N) is 2. The number of amides is 1. The molecule has 7 heteroatoms. The van der Waals surface area contributed by atoms with E-state index in [-0.39, 0.29) is 23.3 Å². The normalized spacial score (nSPS) is 11.0. The third kappa shape index (κ3) is 4.92. The first-order chi connectivity index (χ1) is 13.4. The molecule has 1 amide bonds. The van der Waals surface area contributed by atoms with Gasteiger partial charge < -0.3 is 14.6 Å². The molecule has 0 saturated heterocycles. The second-order valence-corrected chi connectivity index (χ2v) is 7.61. The van der Waals surface area contributed by atoms with Crippen molar-refractivity contribution in [1.82, 2.24) is 14.9 Å². The number of fused-ring (bicyclic) bond motifs is 1. The van der Waals surface area contributed by atoms with E-state index < -0.39 is 0 Å². The zero-order valence-electron chi connectivity index (χ0n) is 16.1. The molecule has 0 saturated carbocycles. The van der Waals surface area contributed by atoms with E-state index in [4.69, 9.17) is 4.74 Å². The largest absolute Gasteiger partial charge is 0.491 e. The van der Waals surface area contributed by atoms with Gasteiger partial charge in [0.05, 0.1) is 22.9 Å². The molecular formula is C21H23N3O3S. The van der Waals surface area contributed by atoms with Crippen molar-refractivity contribution in [3.63, 3.8) is 0 Å². The highest BCUT2D eigenvalue weighted by Crippen LogP contribution is 2.16. The number of carbonyl (C=O) groups excluding carboxylic acids is 1. The summed E-state index contributed by atoms with van der Waals surface area (Å²) >= 11 is 1.15. The predicted molar refractivity (Wildman–Crippen MR) is 112 cm³/mol. The van der Waals surface area contributed by atoms with Crippen LogP contribution in [0.4, 0.5) is 0 Å². The van der Waals surface area contributed by atoms with Gasteiger partial charge in [0.25, 0.3) is 5.56 Å². The van der Waals surface area contributed by atoms with E-state index in [0.29, 0.717) is 11.6 Å². The minimum absolute atomic E-state index is 0.124. The zero-order valence-corrected chi connectivity index (χ0v) is 17.0. The fourth-order valence-corrected chi connectivity index (χ4v) is 3.48. The number of benzene rings is 2. The van der Waals surface area contributed by atoms with E-state index in [9.17, 15) is 9.59 Å². The molecule has 0 bridgehead atoms. The molecule has 0 aliphatic carbocycles. The molecule has 0 fully saturated rings. The van der Waals surface area contributed by atoms with Gasteiger partial charge in [-0.05, 0) is 43.7 Å². The smallest absolute Gasteiger partial charge is 0.283 e. The van der Waals surface area contributed by atoms with Crippen LogP contribution in [0.2, 0.25) is 0 Å². The molecule has 0 atom stereocenters. The molecule has 6 nitrogen and oxygen atoms in total. The minimum Gasteiger partial charge on any atom is -0.491 e. The van der Waals surface area contributed by atoms with Gasteiger partial charge in [0.15, 0.2) is 5.03 Å². The standard InChI is InChI=1S/C21H23N3O3S/c1-14(2)27-16-10-8-15(9-11-16)12-22-19(25)13-28-20-21(26)24(3)18-7-5-4-6-17(18)23-20/h4-11,14H,12-13H2,1-3H3,(H,22,25). The highest BCUT2D eigenvalue weighted by atomic mass is 32.2. The molecule has 1 aromatic heterocycles. The molecule has 0 radical (unpaired) electrons. The lowest BCUT2D eigenvalue weighted by molar-refractivity contribution is -0.118. The van der Waals surface area contributed by atoms with Crippen molar-refractivity contribution in [2.45, 2.75) is 31.5 Å². The van der Waals surface area contributed by atoms with Gasteiger partial charge in [-0.1, -0.05) is 36.0 Å². The van der Waals surface area contributed by atoms with Gasteiger partial charge in [0.2, 0.25) is 5.91 Å². The molecule has 146 valence electrons. The third-order valence-electron chi connectivity index (χ3n) is 4.08. The van der Waals surface area contributed by atoms with E-state index in [2.05, 4.69) is 10.3 Å². The van der Waals surface area contributed by atoms with E-state index in [0.717, 1.165) is 34.1 Å². The molecule has 0 unspecified atom stereocenters. The summed E-state index contributed by atoms with van der Waals surface area (Å²) in [4.78, 5) is 29.0. The van der Waals surface area contributed by atoms with Gasteiger partial charge in [-0.25, -0.2) is 4.98 Å². The fraction of sp³-hybridized carbons (Fsp3) is 0.286. The maximum atomic E-state index is 12.4. The molecule has 0 aliphatic rings. The Morgan fingerprint density at radius 3 is 2.61 bits per heavy atom. The van der Waals surface area contributed by atoms with Gasteiger partial charge in [-0.2, -0.15) is 0 Å². The van der Waals surface area contributed by atoms with Crippen molar-refractivity contribution < 1.29 is 9.53 Å². The number of hydrogen-bond donors (Lipinski definition) is 1. The van der Waals surface area contributed by atoms with E-state index >= 15 is 0 Å². The number of hydrogen-bond acceptors (Lipinski definition) is 5.